The summed E-state index contributed by atoms with van der Waals surface area (Å²) in [6, 6.07) is 7.55. The first-order chi connectivity index (χ1) is 8.20. The van der Waals surface area contributed by atoms with E-state index < -0.39 is 0 Å². The maximum Gasteiger partial charge on any atom is 0.251 e. The molecule has 1 aromatic heterocycles. The van der Waals surface area contributed by atoms with Gasteiger partial charge in [0, 0.05) is 0 Å². The highest BCUT2D eigenvalue weighted by atomic mass is 35.5. The summed E-state index contributed by atoms with van der Waals surface area (Å²) in [5.41, 5.74) is 0.782. The highest BCUT2D eigenvalue weighted by Gasteiger charge is 2.13. The Hall–Kier alpha value is -1.55. The van der Waals surface area contributed by atoms with Gasteiger partial charge in [0.15, 0.2) is 0 Å². The van der Waals surface area contributed by atoms with Gasteiger partial charge in [-0.25, -0.2) is 0 Å². The highest BCUT2D eigenvalue weighted by molar-refractivity contribution is 6.16. The van der Waals surface area contributed by atoms with Crippen LogP contribution in [0.3, 0.4) is 0 Å². The average Bonchev–Trinajstić information content (AvgIpc) is 2.77. The van der Waals surface area contributed by atoms with Crippen molar-refractivity contribution in [2.24, 2.45) is 0 Å². The predicted molar refractivity (Wildman–Crippen MR) is 65.1 cm³/mol. The van der Waals surface area contributed by atoms with Crippen molar-refractivity contribution in [1.29, 1.82) is 0 Å². The van der Waals surface area contributed by atoms with Gasteiger partial charge in [0.2, 0.25) is 5.89 Å². The number of benzene rings is 1. The van der Waals surface area contributed by atoms with E-state index in [-0.39, 0.29) is 12.0 Å². The van der Waals surface area contributed by atoms with Gasteiger partial charge in [-0.1, -0.05) is 12.1 Å². The molecule has 17 heavy (non-hydrogen) atoms. The molecular weight excluding hydrogens is 240 g/mol. The van der Waals surface area contributed by atoms with Crippen LogP contribution in [0.2, 0.25) is 0 Å². The Morgan fingerprint density at radius 2 is 2.06 bits per heavy atom. The molecule has 0 spiro atoms. The maximum absolute atomic E-state index is 5.68. The van der Waals surface area contributed by atoms with Crippen LogP contribution in [0.4, 0.5) is 0 Å². The summed E-state index contributed by atoms with van der Waals surface area (Å²) in [7, 11) is 0. The zero-order valence-corrected chi connectivity index (χ0v) is 10.4. The largest absolute Gasteiger partial charge is 0.490 e. The van der Waals surface area contributed by atoms with Gasteiger partial charge in [0.1, 0.15) is 11.6 Å². The molecule has 0 unspecified atom stereocenters. The lowest BCUT2D eigenvalue weighted by Gasteiger charge is -2.11. The van der Waals surface area contributed by atoms with E-state index in [1.165, 1.54) is 0 Å². The minimum absolute atomic E-state index is 0.0894. The average molecular weight is 253 g/mol. The summed E-state index contributed by atoms with van der Waals surface area (Å²) in [5.74, 6) is 1.77. The Kier molecular flexibility index (Phi) is 3.64. The summed E-state index contributed by atoms with van der Waals surface area (Å²) >= 11 is 5.62. The Balaban J connectivity index is 2.36. The molecule has 0 bridgehead atoms. The zero-order chi connectivity index (χ0) is 12.3. The molecule has 0 aliphatic carbocycles. The number of para-hydroxylation sites is 1. The third-order valence-electron chi connectivity index (χ3n) is 2.06. The van der Waals surface area contributed by atoms with Crippen LogP contribution in [-0.2, 0) is 5.88 Å². The SMILES string of the molecule is CC(C)Oc1ccccc1-c1nnc(CCl)o1. The molecule has 0 aliphatic heterocycles. The number of alkyl halides is 1. The summed E-state index contributed by atoms with van der Waals surface area (Å²) in [6.45, 7) is 3.93. The Morgan fingerprint density at radius 1 is 1.29 bits per heavy atom. The van der Waals surface area contributed by atoms with Crippen molar-refractivity contribution in [3.05, 3.63) is 30.2 Å². The molecule has 0 atom stereocenters. The standard InChI is InChI=1S/C12H13ClN2O2/c1-8(2)16-10-6-4-3-5-9(10)12-15-14-11(7-13)17-12/h3-6,8H,7H2,1-2H3. The van der Waals surface area contributed by atoms with Gasteiger partial charge in [0.25, 0.3) is 5.89 Å². The van der Waals surface area contributed by atoms with E-state index >= 15 is 0 Å². The fraction of sp³-hybridized carbons (Fsp3) is 0.333. The molecule has 0 saturated heterocycles. The highest BCUT2D eigenvalue weighted by Crippen LogP contribution is 2.29. The monoisotopic (exact) mass is 252 g/mol. The van der Waals surface area contributed by atoms with E-state index in [4.69, 9.17) is 20.8 Å². The Labute approximate surface area is 105 Å². The van der Waals surface area contributed by atoms with Gasteiger partial charge in [-0.2, -0.15) is 0 Å². The first-order valence-corrected chi connectivity index (χ1v) is 5.88. The molecule has 4 nitrogen and oxygen atoms in total. The minimum Gasteiger partial charge on any atom is -0.490 e. The van der Waals surface area contributed by atoms with Gasteiger partial charge in [-0.15, -0.1) is 21.8 Å². The first-order valence-electron chi connectivity index (χ1n) is 5.35. The molecule has 0 amide bonds. The minimum atomic E-state index is 0.0894. The molecular formula is C12H13ClN2O2. The van der Waals surface area contributed by atoms with Gasteiger partial charge in [0.05, 0.1) is 11.7 Å². The molecule has 1 aromatic carbocycles. The summed E-state index contributed by atoms with van der Waals surface area (Å²) in [6.07, 6.45) is 0.0894. The maximum atomic E-state index is 5.68. The summed E-state index contributed by atoms with van der Waals surface area (Å²) in [4.78, 5) is 0. The molecule has 2 rings (SSSR count). The Bertz CT molecular complexity index is 497. The van der Waals surface area contributed by atoms with E-state index in [1.54, 1.807) is 0 Å². The first kappa shape index (κ1) is 11.9. The van der Waals surface area contributed by atoms with Crippen LogP contribution < -0.4 is 4.74 Å². The van der Waals surface area contributed by atoms with Crippen molar-refractivity contribution in [2.45, 2.75) is 25.8 Å². The number of rotatable bonds is 4. The molecule has 0 radical (unpaired) electrons. The van der Waals surface area contributed by atoms with Crippen LogP contribution in [-0.4, -0.2) is 16.3 Å². The van der Waals surface area contributed by atoms with Crippen molar-refractivity contribution < 1.29 is 9.15 Å². The number of ether oxygens (including phenoxy) is 1. The number of nitrogens with zero attached hydrogens (tertiary/aromatic N) is 2. The van der Waals surface area contributed by atoms with Crippen LogP contribution in [0.1, 0.15) is 19.7 Å². The second kappa shape index (κ2) is 5.19. The molecule has 1 heterocycles. The lowest BCUT2D eigenvalue weighted by atomic mass is 10.2. The van der Waals surface area contributed by atoms with Gasteiger partial charge in [-0.3, -0.25) is 0 Å². The van der Waals surface area contributed by atoms with Crippen LogP contribution in [0.5, 0.6) is 5.75 Å². The number of aromatic nitrogens is 2. The topological polar surface area (TPSA) is 48.2 Å². The lowest BCUT2D eigenvalue weighted by molar-refractivity contribution is 0.243. The third-order valence-corrected chi connectivity index (χ3v) is 2.29. The molecule has 0 saturated carbocycles. The van der Waals surface area contributed by atoms with Crippen LogP contribution in [0.25, 0.3) is 11.5 Å². The Morgan fingerprint density at radius 3 is 2.71 bits per heavy atom. The van der Waals surface area contributed by atoms with Crippen molar-refractivity contribution in [3.63, 3.8) is 0 Å². The van der Waals surface area contributed by atoms with Crippen LogP contribution in [0, 0.1) is 0 Å². The molecule has 2 aromatic rings. The van der Waals surface area contributed by atoms with Crippen LogP contribution in [0.15, 0.2) is 28.7 Å². The molecule has 0 N–H and O–H groups in total. The summed E-state index contributed by atoms with van der Waals surface area (Å²) in [5, 5.41) is 7.77. The molecule has 90 valence electrons. The molecule has 0 fully saturated rings. The number of hydrogen-bond donors (Lipinski definition) is 0. The normalized spacial score (nSPS) is 10.8. The second-order valence-corrected chi connectivity index (χ2v) is 4.06. The van der Waals surface area contributed by atoms with Gasteiger partial charge in [-0.05, 0) is 26.0 Å². The zero-order valence-electron chi connectivity index (χ0n) is 9.68. The fourth-order valence-electron chi connectivity index (χ4n) is 1.42. The third kappa shape index (κ3) is 2.77. The van der Waals surface area contributed by atoms with Gasteiger partial charge >= 0.3 is 0 Å². The van der Waals surface area contributed by atoms with Crippen molar-refractivity contribution in [1.82, 2.24) is 10.2 Å². The van der Waals surface area contributed by atoms with Crippen molar-refractivity contribution >= 4 is 11.6 Å². The smallest absolute Gasteiger partial charge is 0.251 e. The van der Waals surface area contributed by atoms with E-state index in [0.717, 1.165) is 11.3 Å². The van der Waals surface area contributed by atoms with E-state index in [1.807, 2.05) is 38.1 Å². The quantitative estimate of drug-likeness (QED) is 0.784. The van der Waals surface area contributed by atoms with E-state index in [0.29, 0.717) is 11.8 Å². The number of hydrogen-bond acceptors (Lipinski definition) is 4. The summed E-state index contributed by atoms with van der Waals surface area (Å²) < 4.78 is 11.1. The molecule has 0 aliphatic rings. The van der Waals surface area contributed by atoms with Gasteiger partial charge < -0.3 is 9.15 Å². The van der Waals surface area contributed by atoms with Crippen LogP contribution >= 0.6 is 11.6 Å². The predicted octanol–water partition coefficient (Wildman–Crippen LogP) is 3.26. The van der Waals surface area contributed by atoms with Crippen molar-refractivity contribution in [3.8, 4) is 17.2 Å². The molecule has 5 heteroatoms. The van der Waals surface area contributed by atoms with E-state index in [9.17, 15) is 0 Å². The second-order valence-electron chi connectivity index (χ2n) is 3.80. The number of halogens is 1. The van der Waals surface area contributed by atoms with Crippen molar-refractivity contribution in [2.75, 3.05) is 0 Å². The van der Waals surface area contributed by atoms with E-state index in [2.05, 4.69) is 10.2 Å². The fourth-order valence-corrected chi connectivity index (χ4v) is 1.52. The lowest BCUT2D eigenvalue weighted by Crippen LogP contribution is -2.06.